The Kier molecular flexibility index (Phi) is 3.93. The van der Waals surface area contributed by atoms with E-state index in [2.05, 4.69) is 37.3 Å². The molecule has 88 valence electrons. The highest BCUT2D eigenvalue weighted by Crippen LogP contribution is 2.21. The molecule has 5 heteroatoms. The third kappa shape index (κ3) is 3.42. The summed E-state index contributed by atoms with van der Waals surface area (Å²) in [6.07, 6.45) is 6.19. The van der Waals surface area contributed by atoms with Gasteiger partial charge in [0.2, 0.25) is 0 Å². The molecule has 2 aromatic heterocycles. The molecule has 3 N–H and O–H groups in total. The molecule has 0 aliphatic carbocycles. The number of nitrogens with two attached hydrogens (primary N) is 1. The first-order valence-corrected chi connectivity index (χ1v) is 6.09. The lowest BCUT2D eigenvalue weighted by atomic mass is 10.2. The standard InChI is InChI=1S/C12H13BrN4/c13-11-6-10(14)8-17-12(11)16-5-3-9-2-1-4-15-7-9/h1-2,4,6-8H,3,5,14H2,(H,16,17). The lowest BCUT2D eigenvalue weighted by Crippen LogP contribution is -2.07. The van der Waals surface area contributed by atoms with Crippen molar-refractivity contribution in [3.63, 3.8) is 0 Å². The van der Waals surface area contributed by atoms with E-state index in [1.807, 2.05) is 18.3 Å². The number of nitrogen functional groups attached to an aromatic ring is 1. The number of aromatic nitrogens is 2. The average Bonchev–Trinajstić information content (AvgIpc) is 2.33. The van der Waals surface area contributed by atoms with Crippen molar-refractivity contribution in [2.24, 2.45) is 0 Å². The van der Waals surface area contributed by atoms with Gasteiger partial charge in [0.15, 0.2) is 0 Å². The molecule has 2 heterocycles. The van der Waals surface area contributed by atoms with Crippen LogP contribution in [0.1, 0.15) is 5.56 Å². The predicted molar refractivity (Wildman–Crippen MR) is 72.8 cm³/mol. The van der Waals surface area contributed by atoms with Gasteiger partial charge in [-0.15, -0.1) is 0 Å². The maximum Gasteiger partial charge on any atom is 0.140 e. The lowest BCUT2D eigenvalue weighted by Gasteiger charge is -2.07. The molecule has 0 aliphatic heterocycles. The van der Waals surface area contributed by atoms with E-state index in [-0.39, 0.29) is 0 Å². The number of hydrogen-bond donors (Lipinski definition) is 2. The second-order valence-electron chi connectivity index (χ2n) is 3.64. The number of hydrogen-bond acceptors (Lipinski definition) is 4. The van der Waals surface area contributed by atoms with Gasteiger partial charge in [-0.05, 0) is 40.0 Å². The third-order valence-corrected chi connectivity index (χ3v) is 2.90. The Balaban J connectivity index is 1.90. The van der Waals surface area contributed by atoms with Crippen molar-refractivity contribution in [3.05, 3.63) is 46.8 Å². The fourth-order valence-corrected chi connectivity index (χ4v) is 1.96. The highest BCUT2D eigenvalue weighted by molar-refractivity contribution is 9.10. The molecule has 4 nitrogen and oxygen atoms in total. The highest BCUT2D eigenvalue weighted by atomic mass is 79.9. The maximum absolute atomic E-state index is 5.62. The highest BCUT2D eigenvalue weighted by Gasteiger charge is 2.01. The summed E-state index contributed by atoms with van der Waals surface area (Å²) in [4.78, 5) is 8.28. The Bertz CT molecular complexity index is 487. The van der Waals surface area contributed by atoms with Crippen LogP contribution in [0.3, 0.4) is 0 Å². The molecular formula is C12H13BrN4. The smallest absolute Gasteiger partial charge is 0.140 e. The number of halogens is 1. The molecule has 0 unspecified atom stereocenters. The first kappa shape index (κ1) is 11.9. The van der Waals surface area contributed by atoms with Gasteiger partial charge in [-0.2, -0.15) is 0 Å². The van der Waals surface area contributed by atoms with Crippen LogP contribution in [0, 0.1) is 0 Å². The summed E-state index contributed by atoms with van der Waals surface area (Å²) in [6, 6.07) is 5.83. The minimum absolute atomic E-state index is 0.648. The van der Waals surface area contributed by atoms with E-state index >= 15 is 0 Å². The minimum atomic E-state index is 0.648. The van der Waals surface area contributed by atoms with Crippen molar-refractivity contribution in [1.82, 2.24) is 9.97 Å². The average molecular weight is 293 g/mol. The number of nitrogens with zero attached hydrogens (tertiary/aromatic N) is 2. The summed E-state index contributed by atoms with van der Waals surface area (Å²) in [5.74, 6) is 0.808. The zero-order valence-corrected chi connectivity index (χ0v) is 10.8. The molecule has 0 aliphatic rings. The Labute approximate surface area is 108 Å². The molecule has 2 aromatic rings. The summed E-state index contributed by atoms with van der Waals surface area (Å²) in [5.41, 5.74) is 7.47. The van der Waals surface area contributed by atoms with Crippen LogP contribution in [0.25, 0.3) is 0 Å². The van der Waals surface area contributed by atoms with E-state index in [1.165, 1.54) is 5.56 Å². The third-order valence-electron chi connectivity index (χ3n) is 2.29. The van der Waals surface area contributed by atoms with Gasteiger partial charge in [-0.1, -0.05) is 6.07 Å². The molecule has 0 atom stereocenters. The van der Waals surface area contributed by atoms with Gasteiger partial charge < -0.3 is 11.1 Å². The van der Waals surface area contributed by atoms with Crippen molar-refractivity contribution >= 4 is 27.4 Å². The van der Waals surface area contributed by atoms with Crippen molar-refractivity contribution in [3.8, 4) is 0 Å². The lowest BCUT2D eigenvalue weighted by molar-refractivity contribution is 0.992. The Morgan fingerprint density at radius 1 is 1.35 bits per heavy atom. The molecule has 0 fully saturated rings. The van der Waals surface area contributed by atoms with Crippen LogP contribution >= 0.6 is 15.9 Å². The SMILES string of the molecule is Nc1cnc(NCCc2cccnc2)c(Br)c1. The van der Waals surface area contributed by atoms with Crippen molar-refractivity contribution in [1.29, 1.82) is 0 Å². The zero-order chi connectivity index (χ0) is 12.1. The molecule has 0 bridgehead atoms. The summed E-state index contributed by atoms with van der Waals surface area (Å²) >= 11 is 3.42. The van der Waals surface area contributed by atoms with E-state index in [0.29, 0.717) is 5.69 Å². The summed E-state index contributed by atoms with van der Waals surface area (Å²) in [7, 11) is 0. The molecule has 0 saturated heterocycles. The summed E-state index contributed by atoms with van der Waals surface area (Å²) in [5, 5.41) is 3.25. The van der Waals surface area contributed by atoms with Crippen molar-refractivity contribution in [2.45, 2.75) is 6.42 Å². The number of pyridine rings is 2. The maximum atomic E-state index is 5.62. The molecule has 0 radical (unpaired) electrons. The van der Waals surface area contributed by atoms with Crippen LogP contribution in [0.4, 0.5) is 11.5 Å². The van der Waals surface area contributed by atoms with Crippen LogP contribution in [0.15, 0.2) is 41.3 Å². The molecule has 0 amide bonds. The fraction of sp³-hybridized carbons (Fsp3) is 0.167. The first-order valence-electron chi connectivity index (χ1n) is 5.29. The van der Waals surface area contributed by atoms with Crippen molar-refractivity contribution < 1.29 is 0 Å². The van der Waals surface area contributed by atoms with Gasteiger partial charge in [-0.3, -0.25) is 4.98 Å². The predicted octanol–water partition coefficient (Wildman–Crippen LogP) is 2.48. The summed E-state index contributed by atoms with van der Waals surface area (Å²) in [6.45, 7) is 0.807. The summed E-state index contributed by atoms with van der Waals surface area (Å²) < 4.78 is 0.878. The second kappa shape index (κ2) is 5.63. The Morgan fingerprint density at radius 3 is 2.94 bits per heavy atom. The van der Waals surface area contributed by atoms with E-state index in [0.717, 1.165) is 23.3 Å². The van der Waals surface area contributed by atoms with E-state index in [4.69, 9.17) is 5.73 Å². The van der Waals surface area contributed by atoms with Gasteiger partial charge in [0, 0.05) is 18.9 Å². The molecule has 0 spiro atoms. The molecular weight excluding hydrogens is 280 g/mol. The zero-order valence-electron chi connectivity index (χ0n) is 9.23. The first-order chi connectivity index (χ1) is 8.25. The number of nitrogens with one attached hydrogen (secondary N) is 1. The van der Waals surface area contributed by atoms with Crippen LogP contribution in [-0.2, 0) is 6.42 Å². The van der Waals surface area contributed by atoms with Gasteiger partial charge >= 0.3 is 0 Å². The number of anilines is 2. The second-order valence-corrected chi connectivity index (χ2v) is 4.49. The quantitative estimate of drug-likeness (QED) is 0.909. The Hall–Kier alpha value is -1.62. The normalized spacial score (nSPS) is 10.2. The Morgan fingerprint density at radius 2 is 2.24 bits per heavy atom. The van der Waals surface area contributed by atoms with Crippen LogP contribution in [-0.4, -0.2) is 16.5 Å². The van der Waals surface area contributed by atoms with Gasteiger partial charge in [0.05, 0.1) is 16.4 Å². The topological polar surface area (TPSA) is 63.8 Å². The van der Waals surface area contributed by atoms with Gasteiger partial charge in [0.25, 0.3) is 0 Å². The van der Waals surface area contributed by atoms with Gasteiger partial charge in [0.1, 0.15) is 5.82 Å². The molecule has 0 saturated carbocycles. The fourth-order valence-electron chi connectivity index (χ4n) is 1.45. The van der Waals surface area contributed by atoms with Crippen LogP contribution < -0.4 is 11.1 Å². The molecule has 2 rings (SSSR count). The minimum Gasteiger partial charge on any atom is -0.397 e. The van der Waals surface area contributed by atoms with E-state index in [1.54, 1.807) is 12.4 Å². The monoisotopic (exact) mass is 292 g/mol. The van der Waals surface area contributed by atoms with E-state index < -0.39 is 0 Å². The molecule has 17 heavy (non-hydrogen) atoms. The van der Waals surface area contributed by atoms with Gasteiger partial charge in [-0.25, -0.2) is 4.98 Å². The van der Waals surface area contributed by atoms with Crippen LogP contribution in [0.2, 0.25) is 0 Å². The van der Waals surface area contributed by atoms with Crippen LogP contribution in [0.5, 0.6) is 0 Å². The molecule has 0 aromatic carbocycles. The number of rotatable bonds is 4. The van der Waals surface area contributed by atoms with Crippen molar-refractivity contribution in [2.75, 3.05) is 17.6 Å². The largest absolute Gasteiger partial charge is 0.397 e. The van der Waals surface area contributed by atoms with E-state index in [9.17, 15) is 0 Å².